The minimum absolute atomic E-state index is 0.0379. The third-order valence-corrected chi connectivity index (χ3v) is 4.07. The summed E-state index contributed by atoms with van der Waals surface area (Å²) >= 11 is 0. The van der Waals surface area contributed by atoms with Crippen molar-refractivity contribution in [2.24, 2.45) is 0 Å². The molecule has 0 bridgehead atoms. The molecule has 142 valence electrons. The number of benzene rings is 2. The van der Waals surface area contributed by atoms with Gasteiger partial charge in [0.05, 0.1) is 10.5 Å². The number of esters is 1. The lowest BCUT2D eigenvalue weighted by Gasteiger charge is -2.17. The number of nitrogens with zero attached hydrogens (tertiary/aromatic N) is 1. The predicted octanol–water partition coefficient (Wildman–Crippen LogP) is 2.64. The number of nitrogens with two attached hydrogens (primary N) is 1. The summed E-state index contributed by atoms with van der Waals surface area (Å²) in [6.07, 6.45) is -1.07. The van der Waals surface area contributed by atoms with Crippen molar-refractivity contribution in [1.29, 1.82) is 0 Å². The first kappa shape index (κ1) is 19.9. The van der Waals surface area contributed by atoms with Crippen LogP contribution >= 0.6 is 0 Å². The summed E-state index contributed by atoms with van der Waals surface area (Å²) in [7, 11) is 0. The third-order valence-electron chi connectivity index (χ3n) is 4.07. The molecule has 0 spiro atoms. The third kappa shape index (κ3) is 5.27. The first-order chi connectivity index (χ1) is 12.8. The number of nitrogens with one attached hydrogen (secondary N) is 1. The van der Waals surface area contributed by atoms with Gasteiger partial charge in [0.15, 0.2) is 6.10 Å². The van der Waals surface area contributed by atoms with E-state index in [9.17, 15) is 19.7 Å². The molecule has 1 amide bonds. The molecular formula is C19H21N3O5. The summed E-state index contributed by atoms with van der Waals surface area (Å²) in [5.74, 6) is -1.27. The number of hydrogen-bond acceptors (Lipinski definition) is 6. The molecule has 0 aliphatic heterocycles. The molecule has 0 radical (unpaired) electrons. The van der Waals surface area contributed by atoms with Gasteiger partial charge in [-0.15, -0.1) is 0 Å². The number of carbonyl (C=O) groups is 2. The number of nitro benzene ring substituents is 1. The van der Waals surface area contributed by atoms with Crippen LogP contribution in [0.2, 0.25) is 0 Å². The Labute approximate surface area is 156 Å². The highest BCUT2D eigenvalue weighted by atomic mass is 16.6. The van der Waals surface area contributed by atoms with Crippen LogP contribution in [-0.4, -0.2) is 29.4 Å². The minimum atomic E-state index is -1.07. The van der Waals surface area contributed by atoms with E-state index in [1.807, 2.05) is 37.3 Å². The van der Waals surface area contributed by atoms with Gasteiger partial charge in [-0.3, -0.25) is 14.9 Å². The predicted molar refractivity (Wildman–Crippen MR) is 100 cm³/mol. The Hall–Kier alpha value is -3.42. The molecule has 8 heteroatoms. The van der Waals surface area contributed by atoms with E-state index < -0.39 is 22.9 Å². The highest BCUT2D eigenvalue weighted by molar-refractivity contribution is 5.97. The van der Waals surface area contributed by atoms with E-state index in [1.54, 1.807) is 0 Å². The van der Waals surface area contributed by atoms with E-state index in [2.05, 4.69) is 5.32 Å². The molecule has 2 rings (SSSR count). The number of ether oxygens (including phenoxy) is 1. The zero-order valence-electron chi connectivity index (χ0n) is 15.0. The molecule has 0 aliphatic rings. The quantitative estimate of drug-likeness (QED) is 0.334. The van der Waals surface area contributed by atoms with Crippen molar-refractivity contribution in [3.8, 4) is 0 Å². The molecule has 0 aromatic heterocycles. The van der Waals surface area contributed by atoms with Crippen LogP contribution in [0.3, 0.4) is 0 Å². The number of non-ortho nitro benzene ring substituents is 1. The lowest BCUT2D eigenvalue weighted by atomic mass is 10.0. The molecule has 2 atom stereocenters. The molecular weight excluding hydrogens is 350 g/mol. The van der Waals surface area contributed by atoms with Crippen molar-refractivity contribution in [2.45, 2.75) is 25.9 Å². The molecule has 2 aromatic carbocycles. The lowest BCUT2D eigenvalue weighted by molar-refractivity contribution is -0.384. The van der Waals surface area contributed by atoms with Gasteiger partial charge in [-0.05, 0) is 24.5 Å². The van der Waals surface area contributed by atoms with E-state index in [0.717, 1.165) is 11.6 Å². The van der Waals surface area contributed by atoms with Crippen molar-refractivity contribution in [3.05, 3.63) is 69.8 Å². The van der Waals surface area contributed by atoms with Crippen LogP contribution in [0.5, 0.6) is 0 Å². The molecule has 27 heavy (non-hydrogen) atoms. The van der Waals surface area contributed by atoms with Gasteiger partial charge >= 0.3 is 5.97 Å². The molecule has 2 unspecified atom stereocenters. The molecule has 0 fully saturated rings. The van der Waals surface area contributed by atoms with Gasteiger partial charge in [0, 0.05) is 24.4 Å². The second-order valence-corrected chi connectivity index (χ2v) is 6.13. The Kier molecular flexibility index (Phi) is 6.48. The number of amides is 1. The van der Waals surface area contributed by atoms with Gasteiger partial charge in [-0.1, -0.05) is 37.3 Å². The van der Waals surface area contributed by atoms with Crippen molar-refractivity contribution >= 4 is 23.3 Å². The van der Waals surface area contributed by atoms with Gasteiger partial charge in [0.25, 0.3) is 11.6 Å². The summed E-state index contributed by atoms with van der Waals surface area (Å²) in [6, 6.07) is 13.1. The largest absolute Gasteiger partial charge is 0.449 e. The topological polar surface area (TPSA) is 125 Å². The average Bonchev–Trinajstić information content (AvgIpc) is 2.66. The molecule has 8 nitrogen and oxygen atoms in total. The van der Waals surface area contributed by atoms with Crippen LogP contribution in [0.4, 0.5) is 11.4 Å². The number of carbonyl (C=O) groups excluding carboxylic acids is 2. The number of nitro groups is 1. The van der Waals surface area contributed by atoms with E-state index in [4.69, 9.17) is 10.5 Å². The maximum absolute atomic E-state index is 12.2. The summed E-state index contributed by atoms with van der Waals surface area (Å²) in [5.41, 5.74) is 6.36. The number of nitrogen functional groups attached to an aromatic ring is 1. The second kappa shape index (κ2) is 8.79. The molecule has 0 aliphatic carbocycles. The number of hydrogen-bond donors (Lipinski definition) is 2. The van der Waals surface area contributed by atoms with Gasteiger partial charge in [-0.2, -0.15) is 0 Å². The standard InChI is InChI=1S/C19H21N3O5/c1-12(14-6-4-3-5-7-14)11-21-18(23)13(2)27-19(24)16-10-15(22(25)26)8-9-17(16)20/h3-10,12-13H,11,20H2,1-2H3,(H,21,23). The smallest absolute Gasteiger partial charge is 0.341 e. The Morgan fingerprint density at radius 1 is 1.19 bits per heavy atom. The van der Waals surface area contributed by atoms with E-state index in [-0.39, 0.29) is 22.9 Å². The zero-order chi connectivity index (χ0) is 20.0. The van der Waals surface area contributed by atoms with Gasteiger partial charge in [-0.25, -0.2) is 4.79 Å². The Morgan fingerprint density at radius 3 is 2.48 bits per heavy atom. The van der Waals surface area contributed by atoms with E-state index >= 15 is 0 Å². The Balaban J connectivity index is 1.95. The maximum atomic E-state index is 12.2. The highest BCUT2D eigenvalue weighted by Gasteiger charge is 2.22. The summed E-state index contributed by atoms with van der Waals surface area (Å²) < 4.78 is 5.10. The van der Waals surface area contributed by atoms with Crippen LogP contribution in [0.25, 0.3) is 0 Å². The SMILES string of the molecule is CC(OC(=O)c1cc([N+](=O)[O-])ccc1N)C(=O)NCC(C)c1ccccc1. The summed E-state index contributed by atoms with van der Waals surface area (Å²) in [6.45, 7) is 3.77. The van der Waals surface area contributed by atoms with Gasteiger partial charge in [0.2, 0.25) is 0 Å². The number of anilines is 1. The van der Waals surface area contributed by atoms with Crippen LogP contribution in [-0.2, 0) is 9.53 Å². The zero-order valence-corrected chi connectivity index (χ0v) is 15.0. The maximum Gasteiger partial charge on any atom is 0.341 e. The minimum Gasteiger partial charge on any atom is -0.449 e. The van der Waals surface area contributed by atoms with E-state index in [1.165, 1.54) is 19.1 Å². The summed E-state index contributed by atoms with van der Waals surface area (Å²) in [5, 5.41) is 13.6. The van der Waals surface area contributed by atoms with E-state index in [0.29, 0.717) is 6.54 Å². The molecule has 2 aromatic rings. The summed E-state index contributed by atoms with van der Waals surface area (Å²) in [4.78, 5) is 34.6. The first-order valence-electron chi connectivity index (χ1n) is 8.37. The van der Waals surface area contributed by atoms with Gasteiger partial charge in [0.1, 0.15) is 0 Å². The van der Waals surface area contributed by atoms with Crippen molar-refractivity contribution in [2.75, 3.05) is 12.3 Å². The average molecular weight is 371 g/mol. The molecule has 0 heterocycles. The van der Waals surface area contributed by atoms with Gasteiger partial charge < -0.3 is 15.8 Å². The second-order valence-electron chi connectivity index (χ2n) is 6.13. The Morgan fingerprint density at radius 2 is 1.85 bits per heavy atom. The molecule has 0 saturated carbocycles. The first-order valence-corrected chi connectivity index (χ1v) is 8.37. The highest BCUT2D eigenvalue weighted by Crippen LogP contribution is 2.21. The molecule has 3 N–H and O–H groups in total. The van der Waals surface area contributed by atoms with Crippen molar-refractivity contribution < 1.29 is 19.2 Å². The van der Waals surface area contributed by atoms with Crippen LogP contribution in [0.1, 0.15) is 35.7 Å². The fraction of sp³-hybridized carbons (Fsp3) is 0.263. The van der Waals surface area contributed by atoms with Crippen LogP contribution in [0, 0.1) is 10.1 Å². The lowest BCUT2D eigenvalue weighted by Crippen LogP contribution is -2.37. The monoisotopic (exact) mass is 371 g/mol. The Bertz CT molecular complexity index is 838. The number of rotatable bonds is 7. The fourth-order valence-electron chi connectivity index (χ4n) is 2.41. The fourth-order valence-corrected chi connectivity index (χ4v) is 2.41. The van der Waals surface area contributed by atoms with Crippen molar-refractivity contribution in [1.82, 2.24) is 5.32 Å². The normalized spacial score (nSPS) is 12.7. The van der Waals surface area contributed by atoms with Crippen LogP contribution < -0.4 is 11.1 Å². The van der Waals surface area contributed by atoms with Crippen LogP contribution in [0.15, 0.2) is 48.5 Å². The molecule has 0 saturated heterocycles. The van der Waals surface area contributed by atoms with Crippen molar-refractivity contribution in [3.63, 3.8) is 0 Å².